The molecule has 0 aliphatic carbocycles. The topological polar surface area (TPSA) is 102 Å². The molecule has 0 saturated heterocycles. The number of hydrogen-bond donors (Lipinski definition) is 2. The van der Waals surface area contributed by atoms with Crippen molar-refractivity contribution >= 4 is 22.4 Å². The largest absolute Gasteiger partial charge is 0.505 e. The minimum Gasteiger partial charge on any atom is -0.505 e. The first kappa shape index (κ1) is 18.4. The van der Waals surface area contributed by atoms with E-state index in [0.717, 1.165) is 22.3 Å². The van der Waals surface area contributed by atoms with Gasteiger partial charge in [0.05, 0.1) is 11.1 Å². The number of nitrogens with one attached hydrogen (secondary N) is 2. The predicted octanol–water partition coefficient (Wildman–Crippen LogP) is 4.17. The second kappa shape index (κ2) is 7.55. The van der Waals surface area contributed by atoms with Crippen LogP contribution in [-0.2, 0) is 0 Å². The van der Waals surface area contributed by atoms with Gasteiger partial charge in [-0.3, -0.25) is 20.4 Å². The van der Waals surface area contributed by atoms with Crippen molar-refractivity contribution in [3.63, 3.8) is 0 Å². The molecule has 1 atom stereocenters. The highest BCUT2D eigenvalue weighted by molar-refractivity contribution is 5.86. The van der Waals surface area contributed by atoms with E-state index >= 15 is 0 Å². The molecule has 0 aliphatic heterocycles. The number of H-pyrrole nitrogens is 1. The average Bonchev–Trinajstić information content (AvgIpc) is 2.74. The molecule has 2 aromatic heterocycles. The van der Waals surface area contributed by atoms with Crippen molar-refractivity contribution in [3.8, 4) is 5.75 Å². The number of phenolic OH excluding ortho intramolecular Hbond substituents is 1. The van der Waals surface area contributed by atoms with Crippen LogP contribution >= 0.6 is 0 Å². The quantitative estimate of drug-likeness (QED) is 0.395. The Balaban J connectivity index is 1.85. The molecule has 4 rings (SSSR count). The summed E-state index contributed by atoms with van der Waals surface area (Å²) in [6.07, 6.45) is 3.44. The minimum absolute atomic E-state index is 0.0133. The van der Waals surface area contributed by atoms with Crippen LogP contribution in [0.15, 0.2) is 73.1 Å². The summed E-state index contributed by atoms with van der Waals surface area (Å²) in [6, 6.07) is 17.2. The first-order chi connectivity index (χ1) is 14.0. The Bertz CT molecular complexity index is 1190. The van der Waals surface area contributed by atoms with Gasteiger partial charge >= 0.3 is 0 Å². The molecule has 7 heteroatoms. The molecular formula is C22H19N4O3+. The van der Waals surface area contributed by atoms with Crippen molar-refractivity contribution in [3.05, 3.63) is 99.9 Å². The molecular weight excluding hydrogens is 368 g/mol. The van der Waals surface area contributed by atoms with Crippen LogP contribution in [0.4, 0.5) is 11.5 Å². The highest BCUT2D eigenvalue weighted by Crippen LogP contribution is 2.36. The monoisotopic (exact) mass is 387 g/mol. The Morgan fingerprint density at radius 1 is 1.10 bits per heavy atom. The van der Waals surface area contributed by atoms with E-state index < -0.39 is 11.0 Å². The lowest BCUT2D eigenvalue weighted by atomic mass is 9.96. The molecule has 144 valence electrons. The van der Waals surface area contributed by atoms with Gasteiger partial charge in [0, 0.05) is 40.4 Å². The maximum Gasteiger partial charge on any atom is 0.275 e. The van der Waals surface area contributed by atoms with E-state index in [9.17, 15) is 15.2 Å². The highest BCUT2D eigenvalue weighted by atomic mass is 16.6. The number of phenols is 1. The van der Waals surface area contributed by atoms with Gasteiger partial charge in [0.2, 0.25) is 0 Å². The lowest BCUT2D eigenvalue weighted by Crippen LogP contribution is -2.20. The van der Waals surface area contributed by atoms with Crippen LogP contribution in [0, 0.1) is 17.0 Å². The SMILES string of the molecule is Cc1ccc[nH+]c1NC(c1ccc([N+](=O)[O-])cc1)c1ccc2cccnc2c1O. The van der Waals surface area contributed by atoms with E-state index in [1.54, 1.807) is 18.3 Å². The maximum absolute atomic E-state index is 11.0. The van der Waals surface area contributed by atoms with E-state index in [-0.39, 0.29) is 11.4 Å². The summed E-state index contributed by atoms with van der Waals surface area (Å²) in [5.41, 5.74) is 2.92. The molecule has 29 heavy (non-hydrogen) atoms. The summed E-state index contributed by atoms with van der Waals surface area (Å²) < 4.78 is 0. The molecule has 0 radical (unpaired) electrons. The van der Waals surface area contributed by atoms with Gasteiger partial charge in [-0.05, 0) is 43.3 Å². The fourth-order valence-corrected chi connectivity index (χ4v) is 3.33. The summed E-state index contributed by atoms with van der Waals surface area (Å²) in [6.45, 7) is 1.97. The fraction of sp³-hybridized carbons (Fsp3) is 0.0909. The standard InChI is InChI=1S/C22H18N4O3/c1-14-4-2-13-24-22(14)25-19(16-6-9-17(10-7-16)26(28)29)18-11-8-15-5-3-12-23-20(15)21(18)27/h2-13,19,27H,1H3,(H,24,25)/p+1. The maximum atomic E-state index is 11.0. The first-order valence-electron chi connectivity index (χ1n) is 9.09. The zero-order chi connectivity index (χ0) is 20.4. The molecule has 0 bridgehead atoms. The number of hydrogen-bond acceptors (Lipinski definition) is 5. The molecule has 0 spiro atoms. The number of aromatic nitrogens is 2. The average molecular weight is 387 g/mol. The van der Waals surface area contributed by atoms with Gasteiger partial charge in [-0.2, -0.15) is 0 Å². The molecule has 0 aliphatic rings. The fourth-order valence-electron chi connectivity index (χ4n) is 3.33. The Hall–Kier alpha value is -4.00. The summed E-state index contributed by atoms with van der Waals surface area (Å²) in [5, 5.41) is 26.2. The molecule has 0 saturated carbocycles. The summed E-state index contributed by atoms with van der Waals surface area (Å²) in [7, 11) is 0. The molecule has 0 fully saturated rings. The smallest absolute Gasteiger partial charge is 0.275 e. The normalized spacial score (nSPS) is 11.9. The molecule has 4 aromatic rings. The number of aromatic amines is 1. The van der Waals surface area contributed by atoms with Crippen molar-refractivity contribution < 1.29 is 15.0 Å². The van der Waals surface area contributed by atoms with Gasteiger partial charge in [0.1, 0.15) is 17.3 Å². The Labute approximate surface area is 166 Å². The number of nitrogens with zero attached hydrogens (tertiary/aromatic N) is 2. The number of rotatable bonds is 5. The van der Waals surface area contributed by atoms with E-state index in [0.29, 0.717) is 11.1 Å². The number of aryl methyl sites for hydroxylation is 1. The zero-order valence-electron chi connectivity index (χ0n) is 15.7. The number of aromatic hydroxyl groups is 1. The third-order valence-electron chi connectivity index (χ3n) is 4.88. The van der Waals surface area contributed by atoms with E-state index in [1.165, 1.54) is 12.1 Å². The van der Waals surface area contributed by atoms with Gasteiger partial charge in [0.15, 0.2) is 0 Å². The number of nitro groups is 1. The number of non-ortho nitro benzene ring substituents is 1. The molecule has 2 aromatic carbocycles. The van der Waals surface area contributed by atoms with E-state index in [4.69, 9.17) is 0 Å². The van der Waals surface area contributed by atoms with Crippen molar-refractivity contribution in [1.82, 2.24) is 4.98 Å². The molecule has 0 amide bonds. The number of nitro benzene ring substituents is 1. The second-order valence-electron chi connectivity index (χ2n) is 6.73. The summed E-state index contributed by atoms with van der Waals surface area (Å²) in [4.78, 5) is 18.1. The lowest BCUT2D eigenvalue weighted by Gasteiger charge is -2.18. The van der Waals surface area contributed by atoms with Gasteiger partial charge in [-0.15, -0.1) is 0 Å². The minimum atomic E-state index is -0.445. The Morgan fingerprint density at radius 3 is 2.62 bits per heavy atom. The van der Waals surface area contributed by atoms with Crippen LogP contribution in [0.1, 0.15) is 22.7 Å². The van der Waals surface area contributed by atoms with Gasteiger partial charge in [-0.1, -0.05) is 12.1 Å². The number of anilines is 1. The molecule has 2 heterocycles. The number of fused-ring (bicyclic) bond motifs is 1. The predicted molar refractivity (Wildman–Crippen MR) is 110 cm³/mol. The molecule has 7 nitrogen and oxygen atoms in total. The molecule has 1 unspecified atom stereocenters. The lowest BCUT2D eigenvalue weighted by molar-refractivity contribution is -0.384. The van der Waals surface area contributed by atoms with Crippen molar-refractivity contribution in [2.45, 2.75) is 13.0 Å². The van der Waals surface area contributed by atoms with Crippen molar-refractivity contribution in [2.24, 2.45) is 0 Å². The van der Waals surface area contributed by atoms with Crippen LogP contribution in [0.3, 0.4) is 0 Å². The first-order valence-corrected chi connectivity index (χ1v) is 9.09. The second-order valence-corrected chi connectivity index (χ2v) is 6.73. The van der Waals surface area contributed by atoms with Gasteiger partial charge in [-0.25, -0.2) is 4.98 Å². The van der Waals surface area contributed by atoms with Crippen LogP contribution in [0.25, 0.3) is 10.9 Å². The van der Waals surface area contributed by atoms with E-state index in [2.05, 4.69) is 15.3 Å². The number of benzene rings is 2. The van der Waals surface area contributed by atoms with Crippen molar-refractivity contribution in [1.29, 1.82) is 0 Å². The number of pyridine rings is 2. The van der Waals surface area contributed by atoms with Crippen LogP contribution in [0.5, 0.6) is 5.75 Å². The Morgan fingerprint density at radius 2 is 1.90 bits per heavy atom. The van der Waals surface area contributed by atoms with Gasteiger partial charge in [0.25, 0.3) is 11.5 Å². The van der Waals surface area contributed by atoms with Crippen LogP contribution < -0.4 is 10.3 Å². The van der Waals surface area contributed by atoms with Gasteiger partial charge < -0.3 is 5.11 Å². The zero-order valence-corrected chi connectivity index (χ0v) is 15.7. The van der Waals surface area contributed by atoms with Crippen LogP contribution in [0.2, 0.25) is 0 Å². The third kappa shape index (κ3) is 3.58. The highest BCUT2D eigenvalue weighted by Gasteiger charge is 2.25. The summed E-state index contributed by atoms with van der Waals surface area (Å²) >= 11 is 0. The van der Waals surface area contributed by atoms with Crippen molar-refractivity contribution in [2.75, 3.05) is 5.32 Å². The third-order valence-corrected chi connectivity index (χ3v) is 4.88. The van der Waals surface area contributed by atoms with E-state index in [1.807, 2.05) is 49.5 Å². The Kier molecular flexibility index (Phi) is 4.78. The molecule has 3 N–H and O–H groups in total. The summed E-state index contributed by atoms with van der Waals surface area (Å²) in [5.74, 6) is 0.865. The van der Waals surface area contributed by atoms with Crippen LogP contribution in [-0.4, -0.2) is 15.0 Å².